The third-order valence-electron chi connectivity index (χ3n) is 19.6. The summed E-state index contributed by atoms with van der Waals surface area (Å²) in [4.78, 5) is 135. The number of hydrogen-bond donors (Lipinski definition) is 8. The van der Waals surface area contributed by atoms with E-state index in [1.807, 2.05) is 40.8 Å². The van der Waals surface area contributed by atoms with Crippen LogP contribution in [0.2, 0.25) is 0 Å². The van der Waals surface area contributed by atoms with Crippen LogP contribution < -0.4 is 37.2 Å². The van der Waals surface area contributed by atoms with Gasteiger partial charge in [-0.25, -0.2) is 29.3 Å². The zero-order valence-electron chi connectivity index (χ0n) is 56.5. The van der Waals surface area contributed by atoms with Crippen molar-refractivity contribution < 1.29 is 70.7 Å². The molecule has 2 aliphatic heterocycles. The second-order valence-corrected chi connectivity index (χ2v) is 29.9. The third kappa shape index (κ3) is 18.1. The molecule has 4 bridgehead atoms. The molecule has 29 nitrogen and oxygen atoms in total. The molecule has 2 aromatic carbocycles. The predicted molar refractivity (Wildman–Crippen MR) is 373 cm³/mol. The number of benzene rings is 2. The van der Waals surface area contributed by atoms with E-state index in [0.29, 0.717) is 113 Å². The number of carboxylic acids is 1. The van der Waals surface area contributed by atoms with Gasteiger partial charge in [0.05, 0.1) is 24.2 Å². The molecule has 6 heterocycles. The van der Waals surface area contributed by atoms with Gasteiger partial charge in [-0.15, -0.1) is 0 Å². The molecule has 2 unspecified atom stereocenters. The number of urea groups is 1. The van der Waals surface area contributed by atoms with Crippen molar-refractivity contribution in [2.24, 2.45) is 28.9 Å². The summed E-state index contributed by atoms with van der Waals surface area (Å²) in [5.74, 6) is -3.83. The van der Waals surface area contributed by atoms with Crippen molar-refractivity contribution in [2.75, 3.05) is 60.6 Å². The first-order valence-corrected chi connectivity index (χ1v) is 36.4. The zero-order chi connectivity index (χ0) is 71.8. The molecule has 9 N–H and O–H groups in total. The monoisotopic (exact) mass is 1420 g/mol. The number of nitrogens with one attached hydrogen (secondary N) is 5. The minimum atomic E-state index is -4.50. The van der Waals surface area contributed by atoms with Gasteiger partial charge >= 0.3 is 18.1 Å². The van der Waals surface area contributed by atoms with Gasteiger partial charge in [0.25, 0.3) is 27.8 Å². The van der Waals surface area contributed by atoms with E-state index in [4.69, 9.17) is 25.3 Å². The van der Waals surface area contributed by atoms with Gasteiger partial charge in [-0.2, -0.15) is 13.5 Å². The van der Waals surface area contributed by atoms with Crippen LogP contribution in [-0.2, 0) is 69.7 Å². The molecule has 0 spiro atoms. The van der Waals surface area contributed by atoms with Gasteiger partial charge < -0.3 is 51.4 Å². The Bertz CT molecular complexity index is 4230. The highest BCUT2D eigenvalue weighted by atomic mass is 32.2. The Morgan fingerprint density at radius 3 is 2.34 bits per heavy atom. The summed E-state index contributed by atoms with van der Waals surface area (Å²) in [5.41, 5.74) is 10.0. The summed E-state index contributed by atoms with van der Waals surface area (Å²) in [6.45, 7) is 6.54. The Morgan fingerprint density at radius 2 is 1.62 bits per heavy atom. The molecular weight excluding hydrogens is 1340 g/mol. The van der Waals surface area contributed by atoms with E-state index in [0.717, 1.165) is 53.8 Å². The van der Waals surface area contributed by atoms with Crippen LogP contribution in [0, 0.1) is 30.1 Å². The van der Waals surface area contributed by atoms with Gasteiger partial charge in [0, 0.05) is 98.7 Å². The first-order chi connectivity index (χ1) is 48.3. The van der Waals surface area contributed by atoms with Crippen molar-refractivity contribution in [2.45, 2.75) is 142 Å². The van der Waals surface area contributed by atoms with Gasteiger partial charge in [-0.1, -0.05) is 55.9 Å². The summed E-state index contributed by atoms with van der Waals surface area (Å²) < 4.78 is 48.4. The molecule has 4 fully saturated rings. The molecule has 4 aliphatic carbocycles. The van der Waals surface area contributed by atoms with Crippen LogP contribution in [0.1, 0.15) is 134 Å². The van der Waals surface area contributed by atoms with Crippen molar-refractivity contribution >= 4 is 102 Å². The Kier molecular flexibility index (Phi) is 22.6. The van der Waals surface area contributed by atoms with Gasteiger partial charge in [0.2, 0.25) is 17.7 Å². The number of carbonyl (C=O) groups is 9. The minimum Gasteiger partial charge on any atom is -0.476 e. The van der Waals surface area contributed by atoms with Crippen LogP contribution in [0.15, 0.2) is 91.3 Å². The number of thiazole rings is 1. The van der Waals surface area contributed by atoms with E-state index in [9.17, 15) is 61.2 Å². The van der Waals surface area contributed by atoms with Gasteiger partial charge in [-0.3, -0.25) is 48.2 Å². The standard InChI is InChI=1S/C70H84N14O15S2/c1-42(2)59(79-56(85)14-5-4-6-26-83-57(86)21-22-58(83)87)63(90)76-53(12-8-25-73-66(71)93)62(89)75-48-17-15-44(16-18-48)39-98-68(94)81(29-31-101(95,96)97)28-30-99-70-35-45-32-46(36-70)34-69(33-45,40-70)41-84-43(3)51(37-74-84)49-19-20-55(78-60(49)65(91)92)82-27-23-47-10-7-11-50(52(47)38-82)61(88)80-67-77-54-13-9-24-72-64(54)100-67/h7,9-11,13,15-22,24,37,42,45-46,53,59H,4-6,8,12,14,23,25-36,38-41H2,1-3H3,(H,75,89)(H,76,90)(H,79,85)(H,91,92)(H3,71,73,93)(H,77,80,88)(H,95,96,97)/t45?,46?,53-,59-,69?,70?/m0/s1. The Labute approximate surface area is 587 Å². The highest BCUT2D eigenvalue weighted by Crippen LogP contribution is 2.63. The number of ether oxygens (including phenoxy) is 2. The lowest BCUT2D eigenvalue weighted by molar-refractivity contribution is -0.197. The maximum Gasteiger partial charge on any atom is 0.410 e. The Balaban J connectivity index is 0.681. The van der Waals surface area contributed by atoms with Crippen molar-refractivity contribution in [1.29, 1.82) is 0 Å². The zero-order valence-corrected chi connectivity index (χ0v) is 58.1. The normalized spacial score (nSPS) is 19.6. The number of carbonyl (C=O) groups excluding carboxylic acids is 8. The van der Waals surface area contributed by atoms with E-state index in [-0.39, 0.29) is 93.4 Å². The number of unbranched alkanes of at least 4 members (excludes halogenated alkanes) is 2. The van der Waals surface area contributed by atoms with E-state index < -0.39 is 69.4 Å². The molecule has 6 aromatic rings. The maximum absolute atomic E-state index is 13.8. The molecular formula is C70H84N14O15S2. The minimum absolute atomic E-state index is 0.0462. The Hall–Kier alpha value is -9.72. The lowest BCUT2D eigenvalue weighted by Gasteiger charge is -2.61. The molecule has 9 amide bonds. The van der Waals surface area contributed by atoms with E-state index in [1.165, 1.54) is 28.4 Å². The van der Waals surface area contributed by atoms with Crippen molar-refractivity contribution in [3.8, 4) is 11.1 Å². The number of imide groups is 1. The average molecular weight is 1430 g/mol. The Morgan fingerprint density at radius 1 is 0.861 bits per heavy atom. The van der Waals surface area contributed by atoms with Gasteiger partial charge in [0.1, 0.15) is 34.9 Å². The number of hydrogen-bond acceptors (Lipinski definition) is 19. The molecule has 4 saturated carbocycles. The van der Waals surface area contributed by atoms with E-state index in [2.05, 4.69) is 36.6 Å². The van der Waals surface area contributed by atoms with E-state index >= 15 is 0 Å². The molecule has 4 aromatic heterocycles. The molecule has 0 radical (unpaired) electrons. The number of aromatic nitrogens is 5. The maximum atomic E-state index is 13.8. The van der Waals surface area contributed by atoms with E-state index in [1.54, 1.807) is 68.7 Å². The molecule has 536 valence electrons. The predicted octanol–water partition coefficient (Wildman–Crippen LogP) is 7.15. The van der Waals surface area contributed by atoms with Gasteiger partial charge in [0.15, 0.2) is 10.8 Å². The summed E-state index contributed by atoms with van der Waals surface area (Å²) in [6.07, 6.45) is 12.7. The number of pyridine rings is 2. The highest BCUT2D eigenvalue weighted by Gasteiger charge is 2.58. The second kappa shape index (κ2) is 31.4. The molecule has 6 aliphatic rings. The van der Waals surface area contributed by atoms with Crippen molar-refractivity contribution in [3.05, 3.63) is 125 Å². The van der Waals surface area contributed by atoms with Crippen LogP contribution in [0.25, 0.3) is 21.5 Å². The quantitative estimate of drug-likeness (QED) is 0.0118. The van der Waals surface area contributed by atoms with Crippen LogP contribution in [0.3, 0.4) is 0 Å². The van der Waals surface area contributed by atoms with Crippen LogP contribution in [0.4, 0.5) is 26.2 Å². The number of nitrogens with zero attached hydrogens (tertiary/aromatic N) is 8. The summed E-state index contributed by atoms with van der Waals surface area (Å²) in [6, 6.07) is 16.3. The molecule has 4 atom stereocenters. The number of aromatic carboxylic acids is 1. The number of anilines is 3. The fourth-order valence-electron chi connectivity index (χ4n) is 15.1. The first kappa shape index (κ1) is 72.5. The first-order valence-electron chi connectivity index (χ1n) is 34.0. The van der Waals surface area contributed by atoms with Crippen molar-refractivity contribution in [1.82, 2.24) is 50.5 Å². The summed E-state index contributed by atoms with van der Waals surface area (Å²) >= 11 is 1.29. The molecule has 31 heteroatoms. The topological polar surface area (TPSA) is 399 Å². The fourth-order valence-corrected chi connectivity index (χ4v) is 16.4. The van der Waals surface area contributed by atoms with Gasteiger partial charge in [-0.05, 0) is 160 Å². The highest BCUT2D eigenvalue weighted by molar-refractivity contribution is 7.85. The molecule has 0 saturated heterocycles. The number of fused-ring (bicyclic) bond motifs is 2. The van der Waals surface area contributed by atoms with Crippen molar-refractivity contribution in [3.63, 3.8) is 0 Å². The number of rotatable bonds is 32. The molecule has 12 rings (SSSR count). The fraction of sp³-hybridized carbons (Fsp3) is 0.471. The number of carboxylic acid groups (broad SMARTS) is 1. The second-order valence-electron chi connectivity index (χ2n) is 27.3. The average Bonchev–Trinajstić information content (AvgIpc) is 1.11. The summed E-state index contributed by atoms with van der Waals surface area (Å²) in [5, 5.41) is 29.7. The molecule has 101 heavy (non-hydrogen) atoms. The lowest BCUT2D eigenvalue weighted by atomic mass is 9.48. The summed E-state index contributed by atoms with van der Waals surface area (Å²) in [7, 11) is -4.50. The SMILES string of the molecule is Cc1c(-c2ccc(N3CCc4cccc(C(=O)Nc5nc6cccnc6s5)c4C3)nc2C(=O)O)cnn1CC12CC3CC(C1)CC(OCCN(CCS(=O)(=O)O)C(=O)OCc1ccc(NC(=O)[C@H](CCCNC(N)=O)NC(=O)[C@@H](NC(=O)CCCCCN4C(=O)C=CC4=O)C(C)C)cc1)(C3)C2. The van der Waals surface area contributed by atoms with Crippen LogP contribution >= 0.6 is 11.3 Å². The van der Waals surface area contributed by atoms with Crippen LogP contribution in [0.5, 0.6) is 0 Å². The largest absolute Gasteiger partial charge is 0.476 e. The number of amides is 9. The van der Waals surface area contributed by atoms with Crippen LogP contribution in [-0.4, -0.2) is 169 Å². The number of primary amides is 1. The lowest BCUT2D eigenvalue weighted by Crippen LogP contribution is -2.58. The smallest absolute Gasteiger partial charge is 0.410 e. The third-order valence-corrected chi connectivity index (χ3v) is 21.2. The number of nitrogens with two attached hydrogens (primary N) is 1.